The van der Waals surface area contributed by atoms with Crippen LogP contribution >= 0.6 is 11.6 Å². The second-order valence-corrected chi connectivity index (χ2v) is 2.45. The molecule has 0 rings (SSSR count). The van der Waals surface area contributed by atoms with Gasteiger partial charge in [0.1, 0.15) is 5.17 Å². The summed E-state index contributed by atoms with van der Waals surface area (Å²) in [6.07, 6.45) is 2.66. The molecular formula is C8H10ClNO2. The molecule has 0 heterocycles. The lowest BCUT2D eigenvalue weighted by molar-refractivity contribution is -0.135. The average Bonchev–Trinajstić information content (AvgIpc) is 2.04. The first-order valence-electron chi connectivity index (χ1n) is 3.22. The van der Waals surface area contributed by atoms with Gasteiger partial charge in [0.05, 0.1) is 12.7 Å². The number of carbonyl (C=O) groups excluding carboxylic acids is 1. The summed E-state index contributed by atoms with van der Waals surface area (Å²) in [5.41, 5.74) is 0.275. The van der Waals surface area contributed by atoms with E-state index in [1.807, 2.05) is 0 Å². The molecule has 0 amide bonds. The van der Waals surface area contributed by atoms with Gasteiger partial charge in [0.2, 0.25) is 0 Å². The second-order valence-electron chi connectivity index (χ2n) is 1.91. The maximum Gasteiger partial charge on any atom is 0.339 e. The molecule has 0 aliphatic carbocycles. The summed E-state index contributed by atoms with van der Waals surface area (Å²) in [7, 11) is 1.29. The van der Waals surface area contributed by atoms with Crippen molar-refractivity contribution in [2.24, 2.45) is 4.99 Å². The van der Waals surface area contributed by atoms with E-state index in [1.54, 1.807) is 6.92 Å². The van der Waals surface area contributed by atoms with Crippen LogP contribution in [0.4, 0.5) is 0 Å². The maximum atomic E-state index is 10.9. The Balaban J connectivity index is 4.55. The topological polar surface area (TPSA) is 38.7 Å². The van der Waals surface area contributed by atoms with Gasteiger partial charge in [-0.3, -0.25) is 0 Å². The molecule has 4 heteroatoms. The molecule has 0 aromatic heterocycles. The molecule has 0 aliphatic heterocycles. The molecule has 66 valence electrons. The number of aliphatic imine (C=N–C) groups is 1. The monoisotopic (exact) mass is 187 g/mol. The Morgan fingerprint density at radius 1 is 1.67 bits per heavy atom. The van der Waals surface area contributed by atoms with Crippen LogP contribution in [0.15, 0.2) is 29.4 Å². The van der Waals surface area contributed by atoms with Crippen molar-refractivity contribution in [3.8, 4) is 0 Å². The van der Waals surface area contributed by atoms with Crippen LogP contribution in [0, 0.1) is 0 Å². The minimum Gasteiger partial charge on any atom is -0.465 e. The van der Waals surface area contributed by atoms with Gasteiger partial charge in [-0.2, -0.15) is 0 Å². The summed E-state index contributed by atoms with van der Waals surface area (Å²) >= 11 is 5.45. The molecule has 0 spiro atoms. The third kappa shape index (κ3) is 3.93. The van der Waals surface area contributed by atoms with Crippen molar-refractivity contribution in [1.82, 2.24) is 0 Å². The predicted octanol–water partition coefficient (Wildman–Crippen LogP) is 1.89. The van der Waals surface area contributed by atoms with Crippen LogP contribution in [0.3, 0.4) is 0 Å². The predicted molar refractivity (Wildman–Crippen MR) is 49.3 cm³/mol. The summed E-state index contributed by atoms with van der Waals surface area (Å²) in [6.45, 7) is 5.03. The molecule has 0 saturated heterocycles. The molecule has 0 unspecified atom stereocenters. The van der Waals surface area contributed by atoms with Crippen molar-refractivity contribution < 1.29 is 9.53 Å². The fourth-order valence-corrected chi connectivity index (χ4v) is 0.514. The Labute approximate surface area is 76.4 Å². The Hall–Kier alpha value is -1.09. The zero-order valence-corrected chi connectivity index (χ0v) is 7.76. The van der Waals surface area contributed by atoms with Crippen LogP contribution in [0.5, 0.6) is 0 Å². The zero-order valence-electron chi connectivity index (χ0n) is 7.00. The average molecular weight is 188 g/mol. The van der Waals surface area contributed by atoms with Gasteiger partial charge in [0.15, 0.2) is 0 Å². The largest absolute Gasteiger partial charge is 0.465 e. The Morgan fingerprint density at radius 3 is 2.58 bits per heavy atom. The number of nitrogens with zero attached hydrogens (tertiary/aromatic N) is 1. The summed E-state index contributed by atoms with van der Waals surface area (Å²) in [5, 5.41) is 0.346. The number of esters is 1. The van der Waals surface area contributed by atoms with Gasteiger partial charge in [-0.1, -0.05) is 24.3 Å². The maximum absolute atomic E-state index is 10.9. The SMILES string of the molecule is C=C/C(=C\N=C(C)Cl)C(=O)OC. The highest BCUT2D eigenvalue weighted by atomic mass is 35.5. The number of carbonyl (C=O) groups is 1. The highest BCUT2D eigenvalue weighted by molar-refractivity contribution is 6.64. The quantitative estimate of drug-likeness (QED) is 0.293. The highest BCUT2D eigenvalue weighted by Gasteiger charge is 2.03. The fourth-order valence-electron chi connectivity index (χ4n) is 0.465. The van der Waals surface area contributed by atoms with Gasteiger partial charge in [-0.15, -0.1) is 0 Å². The normalized spacial score (nSPS) is 12.6. The minimum absolute atomic E-state index is 0.275. The molecular weight excluding hydrogens is 178 g/mol. The lowest BCUT2D eigenvalue weighted by Gasteiger charge is -1.96. The van der Waals surface area contributed by atoms with Gasteiger partial charge in [-0.25, -0.2) is 9.79 Å². The van der Waals surface area contributed by atoms with E-state index >= 15 is 0 Å². The Kier molecular flexibility index (Phi) is 5.04. The molecule has 0 N–H and O–H groups in total. The van der Waals surface area contributed by atoms with E-state index in [0.717, 1.165) is 0 Å². The van der Waals surface area contributed by atoms with Crippen LogP contribution in [-0.4, -0.2) is 18.2 Å². The number of hydrogen-bond acceptors (Lipinski definition) is 3. The van der Waals surface area contributed by atoms with Gasteiger partial charge < -0.3 is 4.74 Å². The van der Waals surface area contributed by atoms with Crippen LogP contribution in [0.1, 0.15) is 6.92 Å². The molecule has 0 fully saturated rings. The van der Waals surface area contributed by atoms with Crippen molar-refractivity contribution in [2.45, 2.75) is 6.92 Å². The number of ether oxygens (including phenoxy) is 1. The van der Waals surface area contributed by atoms with Crippen LogP contribution in [0.25, 0.3) is 0 Å². The van der Waals surface area contributed by atoms with Crippen molar-refractivity contribution >= 4 is 22.7 Å². The zero-order chi connectivity index (χ0) is 9.56. The lowest BCUT2D eigenvalue weighted by atomic mass is 10.3. The van der Waals surface area contributed by atoms with Gasteiger partial charge in [-0.05, 0) is 6.92 Å². The molecule has 0 aromatic carbocycles. The molecule has 0 saturated carbocycles. The van der Waals surface area contributed by atoms with Crippen LogP contribution < -0.4 is 0 Å². The minimum atomic E-state index is -0.480. The molecule has 0 aromatic rings. The van der Waals surface area contributed by atoms with E-state index in [2.05, 4.69) is 16.3 Å². The molecule has 0 aliphatic rings. The number of hydrogen-bond donors (Lipinski definition) is 0. The number of halogens is 1. The van der Waals surface area contributed by atoms with E-state index in [1.165, 1.54) is 19.4 Å². The summed E-state index contributed by atoms with van der Waals surface area (Å²) in [5.74, 6) is -0.480. The van der Waals surface area contributed by atoms with Gasteiger partial charge in [0.25, 0.3) is 0 Å². The standard InChI is InChI=1S/C8H10ClNO2/c1-4-7(8(11)12-3)5-10-6(2)9/h4-5H,1H2,2-3H3/b7-5+,10-6?. The van der Waals surface area contributed by atoms with E-state index in [9.17, 15) is 4.79 Å². The fraction of sp³-hybridized carbons (Fsp3) is 0.250. The highest BCUT2D eigenvalue weighted by Crippen LogP contribution is 1.99. The van der Waals surface area contributed by atoms with Crippen molar-refractivity contribution in [2.75, 3.05) is 7.11 Å². The first kappa shape index (κ1) is 10.9. The summed E-state index contributed by atoms with van der Waals surface area (Å²) in [4.78, 5) is 14.6. The van der Waals surface area contributed by atoms with Gasteiger partial charge in [0, 0.05) is 6.20 Å². The van der Waals surface area contributed by atoms with Crippen molar-refractivity contribution in [3.05, 3.63) is 24.4 Å². The lowest BCUT2D eigenvalue weighted by Crippen LogP contribution is -2.01. The van der Waals surface area contributed by atoms with E-state index in [4.69, 9.17) is 11.6 Å². The third-order valence-electron chi connectivity index (χ3n) is 1.02. The van der Waals surface area contributed by atoms with Crippen molar-refractivity contribution in [3.63, 3.8) is 0 Å². The molecule has 0 atom stereocenters. The van der Waals surface area contributed by atoms with E-state index in [-0.39, 0.29) is 5.57 Å². The summed E-state index contributed by atoms with van der Waals surface area (Å²) in [6, 6.07) is 0. The summed E-state index contributed by atoms with van der Waals surface area (Å²) < 4.78 is 4.44. The van der Waals surface area contributed by atoms with Crippen LogP contribution in [-0.2, 0) is 9.53 Å². The third-order valence-corrected chi connectivity index (χ3v) is 1.12. The number of methoxy groups -OCH3 is 1. The molecule has 0 bridgehead atoms. The molecule has 3 nitrogen and oxygen atoms in total. The van der Waals surface area contributed by atoms with Gasteiger partial charge >= 0.3 is 5.97 Å². The van der Waals surface area contributed by atoms with Crippen molar-refractivity contribution in [1.29, 1.82) is 0 Å². The first-order chi connectivity index (χ1) is 5.61. The van der Waals surface area contributed by atoms with E-state index < -0.39 is 5.97 Å². The number of rotatable bonds is 3. The Morgan fingerprint density at radius 2 is 2.25 bits per heavy atom. The molecule has 0 radical (unpaired) electrons. The van der Waals surface area contributed by atoms with Crippen LogP contribution in [0.2, 0.25) is 0 Å². The Bertz CT molecular complexity index is 239. The molecule has 12 heavy (non-hydrogen) atoms. The first-order valence-corrected chi connectivity index (χ1v) is 3.60. The van der Waals surface area contributed by atoms with E-state index in [0.29, 0.717) is 5.17 Å². The smallest absolute Gasteiger partial charge is 0.339 e. The second kappa shape index (κ2) is 5.55.